The molecule has 2 aromatic heterocycles. The molecule has 1 atom stereocenters. The second kappa shape index (κ2) is 18.7. The lowest BCUT2D eigenvalue weighted by molar-refractivity contribution is -0.136. The van der Waals surface area contributed by atoms with Crippen LogP contribution < -0.4 is 25.8 Å². The first-order chi connectivity index (χ1) is 29.6. The van der Waals surface area contributed by atoms with Crippen LogP contribution in [-0.2, 0) is 45.4 Å². The molecule has 0 spiro atoms. The van der Waals surface area contributed by atoms with Gasteiger partial charge in [0, 0.05) is 52.7 Å². The SMILES string of the molecule is CCCN(Cc1ncc(-c2cc3c4c(c2)OCc2cc(-c5cnc(CN(CCC)C(=O)[C@H](NC(=O)/C(N)=C/C=N)c6ccccc6)[nH]5)cc(c2-4)OC3)[nH]1)C(=O)CNC(=O)OC. The highest BCUT2D eigenvalue weighted by atomic mass is 16.5. The molecule has 0 radical (unpaired) electrons. The molecule has 316 valence electrons. The minimum atomic E-state index is -1.01. The van der Waals surface area contributed by atoms with Crippen LogP contribution in [-0.4, -0.2) is 86.5 Å². The molecule has 4 amide bonds. The van der Waals surface area contributed by atoms with E-state index >= 15 is 0 Å². The molecule has 5 aromatic rings. The van der Waals surface area contributed by atoms with Gasteiger partial charge in [0.25, 0.3) is 5.91 Å². The predicted octanol–water partition coefficient (Wildman–Crippen LogP) is 5.10. The predicted molar refractivity (Wildman–Crippen MR) is 226 cm³/mol. The first-order valence-electron chi connectivity index (χ1n) is 20.0. The average Bonchev–Trinajstić information content (AvgIpc) is 3.96. The summed E-state index contributed by atoms with van der Waals surface area (Å²) in [7, 11) is 1.25. The van der Waals surface area contributed by atoms with Crippen LogP contribution in [0.5, 0.6) is 11.5 Å². The first kappa shape index (κ1) is 41.7. The van der Waals surface area contributed by atoms with Crippen molar-refractivity contribution in [3.05, 3.63) is 107 Å². The highest BCUT2D eigenvalue weighted by Gasteiger charge is 2.31. The summed E-state index contributed by atoms with van der Waals surface area (Å²) in [6.07, 6.45) is 6.28. The number of nitrogens with one attached hydrogen (secondary N) is 5. The van der Waals surface area contributed by atoms with E-state index in [4.69, 9.17) is 20.6 Å². The van der Waals surface area contributed by atoms with Crippen molar-refractivity contribution in [3.8, 4) is 45.1 Å². The zero-order valence-corrected chi connectivity index (χ0v) is 34.2. The van der Waals surface area contributed by atoms with Crippen LogP contribution in [0.2, 0.25) is 0 Å². The lowest BCUT2D eigenvalue weighted by Gasteiger charge is -2.30. The monoisotopic (exact) mass is 828 g/mol. The molecule has 0 aliphatic carbocycles. The Bertz CT molecular complexity index is 2430. The summed E-state index contributed by atoms with van der Waals surface area (Å²) in [5.41, 5.74) is 13.3. The summed E-state index contributed by atoms with van der Waals surface area (Å²) in [4.78, 5) is 70.5. The minimum Gasteiger partial charge on any atom is -0.488 e. The molecule has 61 heavy (non-hydrogen) atoms. The van der Waals surface area contributed by atoms with Crippen LogP contribution in [0.3, 0.4) is 0 Å². The van der Waals surface area contributed by atoms with Gasteiger partial charge in [0.2, 0.25) is 11.8 Å². The van der Waals surface area contributed by atoms with E-state index in [1.165, 1.54) is 13.2 Å². The normalized spacial score (nSPS) is 12.9. The van der Waals surface area contributed by atoms with Crippen molar-refractivity contribution in [3.63, 3.8) is 0 Å². The molecule has 17 nitrogen and oxygen atoms in total. The van der Waals surface area contributed by atoms with Gasteiger partial charge in [-0.1, -0.05) is 44.2 Å². The fourth-order valence-electron chi connectivity index (χ4n) is 7.46. The number of amides is 4. The maximum Gasteiger partial charge on any atom is 0.407 e. The molecule has 3 aromatic carbocycles. The van der Waals surface area contributed by atoms with Crippen molar-refractivity contribution >= 4 is 30.0 Å². The van der Waals surface area contributed by atoms with Gasteiger partial charge in [-0.05, 0) is 48.7 Å². The van der Waals surface area contributed by atoms with E-state index in [-0.39, 0.29) is 37.1 Å². The second-order valence-electron chi connectivity index (χ2n) is 14.6. The minimum absolute atomic E-state index is 0.162. The molecule has 7 rings (SSSR count). The van der Waals surface area contributed by atoms with Crippen LogP contribution in [0, 0.1) is 5.41 Å². The van der Waals surface area contributed by atoms with Crippen LogP contribution >= 0.6 is 0 Å². The number of hydrogen-bond acceptors (Lipinski definition) is 11. The van der Waals surface area contributed by atoms with E-state index in [2.05, 4.69) is 47.4 Å². The smallest absolute Gasteiger partial charge is 0.407 e. The molecule has 4 heterocycles. The lowest BCUT2D eigenvalue weighted by Crippen LogP contribution is -2.44. The van der Waals surface area contributed by atoms with Gasteiger partial charge in [-0.25, -0.2) is 14.8 Å². The van der Waals surface area contributed by atoms with E-state index in [0.29, 0.717) is 49.9 Å². The van der Waals surface area contributed by atoms with Crippen molar-refractivity contribution in [2.24, 2.45) is 5.73 Å². The number of carbonyl (C=O) groups is 4. The number of nitrogens with two attached hydrogens (primary N) is 1. The Hall–Kier alpha value is -7.43. The number of hydrogen-bond donors (Lipinski definition) is 6. The largest absolute Gasteiger partial charge is 0.488 e. The summed E-state index contributed by atoms with van der Waals surface area (Å²) >= 11 is 0. The Morgan fingerprint density at radius 3 is 1.97 bits per heavy atom. The fraction of sp³-hybridized carbons (Fsp3) is 0.295. The maximum atomic E-state index is 14.1. The molecule has 2 aliphatic heterocycles. The number of aromatic amines is 2. The standard InChI is InChI=1S/C44H48N10O7/c1-4-13-53(38(55)21-49-44(58)59-3)22-36-47-19-32(50-36)27-15-29-24-61-35-18-28(16-30-25-60-34(17-27)39(29)40(30)35)33-20-48-37(51-33)23-54(14-5-2)43(57)41(26-9-7-6-8-10-26)52-42(56)31(46)11-12-45/h6-12,15-20,41,45H,4-5,13-14,21-25,46H2,1-3H3,(H,47,50)(H,48,51)(H,49,58)(H,52,56)/b31-11-,45-12?/t41-/m1/s1. The summed E-state index contributed by atoms with van der Waals surface area (Å²) in [6, 6.07) is 16.0. The fourth-order valence-corrected chi connectivity index (χ4v) is 7.46. The first-order valence-corrected chi connectivity index (χ1v) is 20.0. The third-order valence-corrected chi connectivity index (χ3v) is 10.3. The van der Waals surface area contributed by atoms with Gasteiger partial charge >= 0.3 is 6.09 Å². The summed E-state index contributed by atoms with van der Waals surface area (Å²) < 4.78 is 17.4. The molecule has 0 unspecified atom stereocenters. The zero-order chi connectivity index (χ0) is 43.0. The van der Waals surface area contributed by atoms with E-state index in [9.17, 15) is 19.2 Å². The number of nitrogens with zero attached hydrogens (tertiary/aromatic N) is 4. The Balaban J connectivity index is 1.08. The number of imidazole rings is 2. The Labute approximate surface area is 352 Å². The Morgan fingerprint density at radius 1 is 0.869 bits per heavy atom. The average molecular weight is 829 g/mol. The number of rotatable bonds is 17. The van der Waals surface area contributed by atoms with Crippen molar-refractivity contribution in [2.45, 2.75) is 59.0 Å². The van der Waals surface area contributed by atoms with Crippen molar-refractivity contribution < 1.29 is 33.4 Å². The van der Waals surface area contributed by atoms with Gasteiger partial charge in [-0.15, -0.1) is 0 Å². The van der Waals surface area contributed by atoms with E-state index in [0.717, 1.165) is 68.9 Å². The van der Waals surface area contributed by atoms with E-state index in [1.54, 1.807) is 46.5 Å². The molecule has 0 saturated carbocycles. The van der Waals surface area contributed by atoms with Gasteiger partial charge in [-0.2, -0.15) is 0 Å². The quantitative estimate of drug-likeness (QED) is 0.0536. The second-order valence-corrected chi connectivity index (χ2v) is 14.6. The number of ether oxygens (including phenoxy) is 3. The lowest BCUT2D eigenvalue weighted by atomic mass is 9.87. The molecule has 17 heteroatoms. The van der Waals surface area contributed by atoms with Crippen LogP contribution in [0.15, 0.2) is 78.8 Å². The summed E-state index contributed by atoms with van der Waals surface area (Å²) in [5, 5.41) is 12.5. The highest BCUT2D eigenvalue weighted by molar-refractivity contribution is 5.99. The zero-order valence-electron chi connectivity index (χ0n) is 34.2. The number of aromatic nitrogens is 4. The maximum absolute atomic E-state index is 14.1. The van der Waals surface area contributed by atoms with Gasteiger partial charge < -0.3 is 55.8 Å². The van der Waals surface area contributed by atoms with Crippen molar-refractivity contribution in [1.29, 1.82) is 5.41 Å². The van der Waals surface area contributed by atoms with Crippen molar-refractivity contribution in [1.82, 2.24) is 40.4 Å². The molecule has 7 N–H and O–H groups in total. The van der Waals surface area contributed by atoms with Gasteiger partial charge in [0.15, 0.2) is 0 Å². The van der Waals surface area contributed by atoms with Gasteiger partial charge in [0.1, 0.15) is 48.9 Å². The number of allylic oxidation sites excluding steroid dienone is 1. The Morgan fingerprint density at radius 2 is 1.43 bits per heavy atom. The molecule has 0 saturated heterocycles. The highest BCUT2D eigenvalue weighted by Crippen LogP contribution is 2.50. The van der Waals surface area contributed by atoms with E-state index < -0.39 is 18.0 Å². The molecule has 0 fully saturated rings. The molecule has 0 bridgehead atoms. The van der Waals surface area contributed by atoms with Crippen LogP contribution in [0.4, 0.5) is 4.79 Å². The molecular formula is C44H48N10O7. The third-order valence-electron chi connectivity index (χ3n) is 10.3. The van der Waals surface area contributed by atoms with Gasteiger partial charge in [-0.3, -0.25) is 14.4 Å². The molecule has 2 aliphatic rings. The third kappa shape index (κ3) is 9.25. The molecular weight excluding hydrogens is 781 g/mol. The van der Waals surface area contributed by atoms with E-state index in [1.807, 2.05) is 32.0 Å². The summed E-state index contributed by atoms with van der Waals surface area (Å²) in [6.45, 7) is 5.70. The number of methoxy groups -OCH3 is 1. The van der Waals surface area contributed by atoms with Crippen LogP contribution in [0.1, 0.15) is 61.1 Å². The number of benzene rings is 3. The number of alkyl carbamates (subject to hydrolysis) is 1. The van der Waals surface area contributed by atoms with Crippen LogP contribution in [0.25, 0.3) is 33.6 Å². The van der Waals surface area contributed by atoms with Gasteiger partial charge in [0.05, 0.1) is 49.7 Å². The topological polar surface area (TPSA) is 234 Å². The number of H-pyrrole nitrogens is 2. The summed E-state index contributed by atoms with van der Waals surface area (Å²) in [5.74, 6) is 1.39. The number of carbonyl (C=O) groups excluding carboxylic acids is 4. The van der Waals surface area contributed by atoms with Crippen molar-refractivity contribution in [2.75, 3.05) is 26.7 Å². The Kier molecular flexibility index (Phi) is 12.8.